The Kier molecular flexibility index (Phi) is 5.25. The maximum atomic E-state index is 12.6. The number of imidazole rings is 1. The monoisotopic (exact) mass is 354 g/mol. The van der Waals surface area contributed by atoms with Gasteiger partial charge < -0.3 is 9.47 Å². The second-order valence-corrected chi connectivity index (χ2v) is 7.94. The highest BCUT2D eigenvalue weighted by molar-refractivity contribution is 5.76. The van der Waals surface area contributed by atoms with E-state index >= 15 is 0 Å². The van der Waals surface area contributed by atoms with E-state index in [1.807, 2.05) is 6.07 Å². The van der Waals surface area contributed by atoms with Crippen LogP contribution in [0.2, 0.25) is 0 Å². The largest absolute Gasteiger partial charge is 0.340 e. The number of fused-ring (bicyclic) bond motifs is 1. The molecule has 0 spiro atoms. The van der Waals surface area contributed by atoms with Gasteiger partial charge >= 0.3 is 0 Å². The average molecular weight is 354 g/mol. The van der Waals surface area contributed by atoms with E-state index in [-0.39, 0.29) is 0 Å². The standard InChI is InChI=1S/C21H30N4O/c1-23-19-10-6-5-9-18(19)22-20(23)16-24-11-13-25(14-12-24)21(26)15-17-7-3-2-4-8-17/h5-6,9-10,17H,2-4,7-8,11-16H2,1H3. The molecule has 0 N–H and O–H groups in total. The highest BCUT2D eigenvalue weighted by Gasteiger charge is 2.25. The van der Waals surface area contributed by atoms with E-state index in [9.17, 15) is 4.79 Å². The van der Waals surface area contributed by atoms with E-state index in [0.717, 1.165) is 50.5 Å². The van der Waals surface area contributed by atoms with Crippen molar-refractivity contribution < 1.29 is 4.79 Å². The summed E-state index contributed by atoms with van der Waals surface area (Å²) in [7, 11) is 2.09. The minimum atomic E-state index is 0.374. The number of hydrogen-bond donors (Lipinski definition) is 0. The van der Waals surface area contributed by atoms with Crippen molar-refractivity contribution in [3.8, 4) is 0 Å². The van der Waals surface area contributed by atoms with E-state index in [4.69, 9.17) is 4.98 Å². The van der Waals surface area contributed by atoms with E-state index in [1.165, 1.54) is 37.6 Å². The third-order valence-corrected chi connectivity index (χ3v) is 6.16. The van der Waals surface area contributed by atoms with Gasteiger partial charge in [0.2, 0.25) is 5.91 Å². The van der Waals surface area contributed by atoms with E-state index < -0.39 is 0 Å². The van der Waals surface area contributed by atoms with Crippen LogP contribution in [-0.4, -0.2) is 51.4 Å². The van der Waals surface area contributed by atoms with Gasteiger partial charge in [-0.15, -0.1) is 0 Å². The number of hydrogen-bond acceptors (Lipinski definition) is 3. The van der Waals surface area contributed by atoms with Crippen LogP contribution in [0, 0.1) is 5.92 Å². The molecule has 2 aliphatic rings. The Morgan fingerprint density at radius 1 is 1.08 bits per heavy atom. The zero-order chi connectivity index (χ0) is 17.9. The minimum Gasteiger partial charge on any atom is -0.340 e. The molecule has 2 aromatic rings. The summed E-state index contributed by atoms with van der Waals surface area (Å²) < 4.78 is 2.19. The van der Waals surface area contributed by atoms with Crippen LogP contribution in [-0.2, 0) is 18.4 Å². The molecule has 1 aliphatic heterocycles. The number of nitrogens with zero attached hydrogens (tertiary/aromatic N) is 4. The van der Waals surface area contributed by atoms with Gasteiger partial charge in [0.25, 0.3) is 0 Å². The number of carbonyl (C=O) groups excluding carboxylic acids is 1. The number of carbonyl (C=O) groups is 1. The fourth-order valence-corrected chi connectivity index (χ4v) is 4.46. The van der Waals surface area contributed by atoms with Crippen molar-refractivity contribution in [2.24, 2.45) is 13.0 Å². The molecule has 1 saturated carbocycles. The molecule has 5 nitrogen and oxygen atoms in total. The molecule has 1 saturated heterocycles. The number of piperazine rings is 1. The van der Waals surface area contributed by atoms with Gasteiger partial charge in [-0.25, -0.2) is 4.98 Å². The van der Waals surface area contributed by atoms with Crippen LogP contribution < -0.4 is 0 Å². The van der Waals surface area contributed by atoms with Crippen LogP contribution in [0.4, 0.5) is 0 Å². The first-order valence-corrected chi connectivity index (χ1v) is 10.1. The van der Waals surface area contributed by atoms with Gasteiger partial charge in [0, 0.05) is 39.6 Å². The lowest BCUT2D eigenvalue weighted by Gasteiger charge is -2.35. The topological polar surface area (TPSA) is 41.4 Å². The van der Waals surface area contributed by atoms with E-state index in [2.05, 4.69) is 39.6 Å². The lowest BCUT2D eigenvalue weighted by atomic mass is 9.86. The molecule has 2 heterocycles. The quantitative estimate of drug-likeness (QED) is 0.847. The highest BCUT2D eigenvalue weighted by Crippen LogP contribution is 2.27. The predicted octanol–water partition coefficient (Wildman–Crippen LogP) is 3.19. The first-order valence-electron chi connectivity index (χ1n) is 10.1. The number of amides is 1. The summed E-state index contributed by atoms with van der Waals surface area (Å²) in [6.45, 7) is 4.46. The molecule has 5 heteroatoms. The average Bonchev–Trinajstić information content (AvgIpc) is 2.99. The van der Waals surface area contributed by atoms with Gasteiger partial charge in [0.05, 0.1) is 17.6 Å². The molecule has 0 bridgehead atoms. The van der Waals surface area contributed by atoms with Gasteiger partial charge in [-0.05, 0) is 30.9 Å². The molecule has 0 radical (unpaired) electrons. The summed E-state index contributed by atoms with van der Waals surface area (Å²) >= 11 is 0. The van der Waals surface area contributed by atoms with Crippen LogP contribution in [0.3, 0.4) is 0 Å². The molecule has 2 fully saturated rings. The smallest absolute Gasteiger partial charge is 0.222 e. The van der Waals surface area contributed by atoms with Crippen LogP contribution in [0.25, 0.3) is 11.0 Å². The predicted molar refractivity (Wildman–Crippen MR) is 104 cm³/mol. The van der Waals surface area contributed by atoms with Crippen molar-refractivity contribution in [3.63, 3.8) is 0 Å². The molecule has 1 aromatic heterocycles. The molecular formula is C21H30N4O. The van der Waals surface area contributed by atoms with Crippen LogP contribution in [0.5, 0.6) is 0 Å². The lowest BCUT2D eigenvalue weighted by molar-refractivity contribution is -0.134. The van der Waals surface area contributed by atoms with Gasteiger partial charge in [0.15, 0.2) is 0 Å². The normalized spacial score (nSPS) is 20.0. The Hall–Kier alpha value is -1.88. The third-order valence-electron chi connectivity index (χ3n) is 6.16. The molecule has 140 valence electrons. The Morgan fingerprint density at radius 2 is 1.81 bits per heavy atom. The molecule has 1 aliphatic carbocycles. The fourth-order valence-electron chi connectivity index (χ4n) is 4.46. The maximum absolute atomic E-state index is 12.6. The zero-order valence-corrected chi connectivity index (χ0v) is 15.9. The van der Waals surface area contributed by atoms with Crippen molar-refractivity contribution in [3.05, 3.63) is 30.1 Å². The summed E-state index contributed by atoms with van der Waals surface area (Å²) in [6, 6.07) is 8.29. The number of para-hydroxylation sites is 2. The molecular weight excluding hydrogens is 324 g/mol. The van der Waals surface area contributed by atoms with Crippen molar-refractivity contribution in [1.82, 2.24) is 19.4 Å². The summed E-state index contributed by atoms with van der Waals surface area (Å²) in [6.07, 6.45) is 7.24. The molecule has 1 amide bonds. The Balaban J connectivity index is 1.30. The van der Waals surface area contributed by atoms with Gasteiger partial charge in [-0.3, -0.25) is 9.69 Å². The number of benzene rings is 1. The van der Waals surface area contributed by atoms with Crippen molar-refractivity contribution >= 4 is 16.9 Å². The van der Waals surface area contributed by atoms with Crippen molar-refractivity contribution in [1.29, 1.82) is 0 Å². The van der Waals surface area contributed by atoms with E-state index in [0.29, 0.717) is 11.8 Å². The summed E-state index contributed by atoms with van der Waals surface area (Å²) in [5, 5.41) is 0. The van der Waals surface area contributed by atoms with Gasteiger partial charge in [-0.2, -0.15) is 0 Å². The third kappa shape index (κ3) is 3.78. The Morgan fingerprint density at radius 3 is 2.54 bits per heavy atom. The SMILES string of the molecule is Cn1c(CN2CCN(C(=O)CC3CCCCC3)CC2)nc2ccccc21. The van der Waals surface area contributed by atoms with Gasteiger partial charge in [-0.1, -0.05) is 31.4 Å². The van der Waals surface area contributed by atoms with Crippen LogP contribution >= 0.6 is 0 Å². The summed E-state index contributed by atoms with van der Waals surface area (Å²) in [5.41, 5.74) is 2.25. The first kappa shape index (κ1) is 17.5. The van der Waals surface area contributed by atoms with Crippen molar-refractivity contribution in [2.75, 3.05) is 26.2 Å². The Labute approximate surface area is 156 Å². The summed E-state index contributed by atoms with van der Waals surface area (Å²) in [4.78, 5) is 21.9. The molecule has 0 atom stereocenters. The second kappa shape index (κ2) is 7.78. The number of rotatable bonds is 4. The molecule has 26 heavy (non-hydrogen) atoms. The molecule has 1 aromatic carbocycles. The molecule has 4 rings (SSSR count). The van der Waals surface area contributed by atoms with Crippen LogP contribution in [0.1, 0.15) is 44.3 Å². The van der Waals surface area contributed by atoms with Crippen LogP contribution in [0.15, 0.2) is 24.3 Å². The van der Waals surface area contributed by atoms with Gasteiger partial charge in [0.1, 0.15) is 5.82 Å². The van der Waals surface area contributed by atoms with E-state index in [1.54, 1.807) is 0 Å². The fraction of sp³-hybridized carbons (Fsp3) is 0.619. The maximum Gasteiger partial charge on any atom is 0.222 e. The molecule has 0 unspecified atom stereocenters. The highest BCUT2D eigenvalue weighted by atomic mass is 16.2. The first-order chi connectivity index (χ1) is 12.7. The second-order valence-electron chi connectivity index (χ2n) is 7.94. The van der Waals surface area contributed by atoms with Crippen molar-refractivity contribution in [2.45, 2.75) is 45.1 Å². The zero-order valence-electron chi connectivity index (χ0n) is 15.9. The summed E-state index contributed by atoms with van der Waals surface area (Å²) in [5.74, 6) is 2.11. The number of aromatic nitrogens is 2. The number of aryl methyl sites for hydroxylation is 1. The lowest BCUT2D eigenvalue weighted by Crippen LogP contribution is -2.48. The Bertz CT molecular complexity index is 754. The minimum absolute atomic E-state index is 0.374.